The van der Waals surface area contributed by atoms with E-state index in [1.807, 2.05) is 19.9 Å². The van der Waals surface area contributed by atoms with Gasteiger partial charge in [0.25, 0.3) is 0 Å². The van der Waals surface area contributed by atoms with Crippen molar-refractivity contribution in [2.45, 2.75) is 20.8 Å². The van der Waals surface area contributed by atoms with Crippen LogP contribution in [0.5, 0.6) is 0 Å². The van der Waals surface area contributed by atoms with Crippen LogP contribution in [0, 0.1) is 20.8 Å². The standard InChI is InChI=1S/C24H19N3/c1-14-12-17-6-4-5-7-19(17)20-10-11-21-23(25-13-26-24(21)22(14)20)18-9-8-15(2)27-16(18)3/h4-13H,1-3H3. The fraction of sp³-hybridized carbons (Fsp3) is 0.125. The summed E-state index contributed by atoms with van der Waals surface area (Å²) >= 11 is 0. The number of aryl methyl sites for hydroxylation is 3. The second-order valence-corrected chi connectivity index (χ2v) is 7.11. The van der Waals surface area contributed by atoms with Crippen LogP contribution in [0.1, 0.15) is 17.0 Å². The summed E-state index contributed by atoms with van der Waals surface area (Å²) in [6.45, 7) is 6.21. The Morgan fingerprint density at radius 3 is 2.41 bits per heavy atom. The van der Waals surface area contributed by atoms with Crippen molar-refractivity contribution < 1.29 is 0 Å². The van der Waals surface area contributed by atoms with Crippen LogP contribution in [0.4, 0.5) is 0 Å². The Morgan fingerprint density at radius 2 is 1.56 bits per heavy atom. The molecule has 27 heavy (non-hydrogen) atoms. The summed E-state index contributed by atoms with van der Waals surface area (Å²) < 4.78 is 0. The zero-order chi connectivity index (χ0) is 18.5. The van der Waals surface area contributed by atoms with E-state index in [2.05, 4.69) is 70.4 Å². The molecule has 2 heterocycles. The molecular formula is C24H19N3. The summed E-state index contributed by atoms with van der Waals surface area (Å²) in [5, 5.41) is 6.02. The fourth-order valence-corrected chi connectivity index (χ4v) is 4.08. The zero-order valence-corrected chi connectivity index (χ0v) is 15.6. The van der Waals surface area contributed by atoms with Crippen molar-refractivity contribution in [3.05, 3.63) is 77.9 Å². The van der Waals surface area contributed by atoms with Gasteiger partial charge in [0.05, 0.1) is 11.2 Å². The van der Waals surface area contributed by atoms with Crippen molar-refractivity contribution in [2.24, 2.45) is 0 Å². The van der Waals surface area contributed by atoms with Gasteiger partial charge in [0, 0.05) is 27.7 Å². The van der Waals surface area contributed by atoms with E-state index >= 15 is 0 Å². The maximum Gasteiger partial charge on any atom is 0.116 e. The average Bonchev–Trinajstić information content (AvgIpc) is 2.67. The fourth-order valence-electron chi connectivity index (χ4n) is 4.08. The molecule has 0 fully saturated rings. The summed E-state index contributed by atoms with van der Waals surface area (Å²) in [5.41, 5.74) is 6.25. The molecule has 0 aliphatic rings. The van der Waals surface area contributed by atoms with Gasteiger partial charge in [-0.1, -0.05) is 36.4 Å². The molecular weight excluding hydrogens is 330 g/mol. The summed E-state index contributed by atoms with van der Waals surface area (Å²) in [4.78, 5) is 13.9. The Bertz CT molecular complexity index is 1350. The highest BCUT2D eigenvalue weighted by atomic mass is 14.8. The molecule has 0 N–H and O–H groups in total. The van der Waals surface area contributed by atoms with Crippen LogP contribution < -0.4 is 0 Å². The first-order valence-corrected chi connectivity index (χ1v) is 9.14. The molecule has 3 heteroatoms. The Balaban J connectivity index is 1.92. The lowest BCUT2D eigenvalue weighted by molar-refractivity contribution is 1.11. The van der Waals surface area contributed by atoms with E-state index in [-0.39, 0.29) is 0 Å². The number of pyridine rings is 1. The first kappa shape index (κ1) is 15.9. The molecule has 0 saturated heterocycles. The minimum Gasteiger partial charge on any atom is -0.258 e. The molecule has 0 bridgehead atoms. The van der Waals surface area contributed by atoms with E-state index in [1.54, 1.807) is 6.33 Å². The molecule has 0 aliphatic carbocycles. The molecule has 0 aliphatic heterocycles. The summed E-state index contributed by atoms with van der Waals surface area (Å²) in [6, 6.07) is 19.3. The van der Waals surface area contributed by atoms with Crippen LogP contribution >= 0.6 is 0 Å². The van der Waals surface area contributed by atoms with Crippen molar-refractivity contribution in [1.82, 2.24) is 15.0 Å². The van der Waals surface area contributed by atoms with E-state index in [0.717, 1.165) is 33.5 Å². The number of fused-ring (bicyclic) bond motifs is 5. The number of aromatic nitrogens is 3. The monoisotopic (exact) mass is 349 g/mol. The average molecular weight is 349 g/mol. The van der Waals surface area contributed by atoms with Gasteiger partial charge in [-0.05, 0) is 60.7 Å². The predicted octanol–water partition coefficient (Wildman–Crippen LogP) is 5.92. The number of hydrogen-bond acceptors (Lipinski definition) is 3. The molecule has 3 aromatic carbocycles. The quantitative estimate of drug-likeness (QED) is 0.352. The van der Waals surface area contributed by atoms with Gasteiger partial charge in [0.1, 0.15) is 6.33 Å². The molecule has 0 radical (unpaired) electrons. The number of rotatable bonds is 1. The molecule has 2 aromatic heterocycles. The smallest absolute Gasteiger partial charge is 0.116 e. The molecule has 0 unspecified atom stereocenters. The van der Waals surface area contributed by atoms with Gasteiger partial charge in [-0.2, -0.15) is 0 Å². The van der Waals surface area contributed by atoms with Crippen molar-refractivity contribution in [1.29, 1.82) is 0 Å². The first-order valence-electron chi connectivity index (χ1n) is 9.14. The van der Waals surface area contributed by atoms with Gasteiger partial charge in [0.2, 0.25) is 0 Å². The van der Waals surface area contributed by atoms with Gasteiger partial charge in [-0.15, -0.1) is 0 Å². The van der Waals surface area contributed by atoms with Crippen LogP contribution in [0.2, 0.25) is 0 Å². The van der Waals surface area contributed by atoms with Gasteiger partial charge >= 0.3 is 0 Å². The second kappa shape index (κ2) is 5.85. The molecule has 0 amide bonds. The maximum atomic E-state index is 4.68. The molecule has 5 aromatic rings. The third kappa shape index (κ3) is 2.39. The van der Waals surface area contributed by atoms with Gasteiger partial charge in [-0.25, -0.2) is 9.97 Å². The molecule has 0 spiro atoms. The van der Waals surface area contributed by atoms with E-state index in [9.17, 15) is 0 Å². The van der Waals surface area contributed by atoms with Gasteiger partial charge in [0.15, 0.2) is 0 Å². The van der Waals surface area contributed by atoms with Crippen molar-refractivity contribution in [2.75, 3.05) is 0 Å². The summed E-state index contributed by atoms with van der Waals surface area (Å²) in [6.07, 6.45) is 1.67. The van der Waals surface area contributed by atoms with E-state index < -0.39 is 0 Å². The zero-order valence-electron chi connectivity index (χ0n) is 15.6. The van der Waals surface area contributed by atoms with Crippen LogP contribution in [0.3, 0.4) is 0 Å². The highest BCUT2D eigenvalue weighted by Crippen LogP contribution is 2.36. The third-order valence-corrected chi connectivity index (χ3v) is 5.30. The topological polar surface area (TPSA) is 38.7 Å². The van der Waals surface area contributed by atoms with Crippen LogP contribution in [-0.4, -0.2) is 15.0 Å². The third-order valence-electron chi connectivity index (χ3n) is 5.30. The van der Waals surface area contributed by atoms with Crippen LogP contribution in [-0.2, 0) is 0 Å². The van der Waals surface area contributed by atoms with Crippen molar-refractivity contribution in [3.63, 3.8) is 0 Å². The van der Waals surface area contributed by atoms with Gasteiger partial charge < -0.3 is 0 Å². The SMILES string of the molecule is Cc1ccc(-c2ncnc3c2ccc2c4ccccc4cc(C)c23)c(C)n1. The highest BCUT2D eigenvalue weighted by Gasteiger charge is 2.14. The number of benzene rings is 3. The molecule has 5 rings (SSSR count). The molecule has 3 nitrogen and oxygen atoms in total. The first-order chi connectivity index (χ1) is 13.1. The Hall–Kier alpha value is -3.33. The van der Waals surface area contributed by atoms with Gasteiger partial charge in [-0.3, -0.25) is 4.98 Å². The summed E-state index contributed by atoms with van der Waals surface area (Å²) in [5.74, 6) is 0. The number of hydrogen-bond donors (Lipinski definition) is 0. The largest absolute Gasteiger partial charge is 0.258 e. The minimum atomic E-state index is 0.944. The molecule has 0 saturated carbocycles. The lowest BCUT2D eigenvalue weighted by atomic mass is 9.94. The Kier molecular flexibility index (Phi) is 3.44. The van der Waals surface area contributed by atoms with E-state index in [1.165, 1.54) is 27.1 Å². The lowest BCUT2D eigenvalue weighted by Crippen LogP contribution is -1.96. The maximum absolute atomic E-state index is 4.68. The van der Waals surface area contributed by atoms with Crippen molar-refractivity contribution >= 4 is 32.4 Å². The second-order valence-electron chi connectivity index (χ2n) is 7.11. The van der Waals surface area contributed by atoms with E-state index in [4.69, 9.17) is 0 Å². The van der Waals surface area contributed by atoms with Crippen LogP contribution in [0.15, 0.2) is 60.9 Å². The van der Waals surface area contributed by atoms with E-state index in [0.29, 0.717) is 0 Å². The minimum absolute atomic E-state index is 0.944. The Labute approximate surface area is 157 Å². The molecule has 0 atom stereocenters. The lowest BCUT2D eigenvalue weighted by Gasteiger charge is -2.13. The highest BCUT2D eigenvalue weighted by molar-refractivity contribution is 6.19. The molecule has 130 valence electrons. The normalized spacial score (nSPS) is 11.5. The summed E-state index contributed by atoms with van der Waals surface area (Å²) in [7, 11) is 0. The number of nitrogens with zero attached hydrogens (tertiary/aromatic N) is 3. The predicted molar refractivity (Wildman–Crippen MR) is 112 cm³/mol. The van der Waals surface area contributed by atoms with Crippen LogP contribution in [0.25, 0.3) is 43.7 Å². The van der Waals surface area contributed by atoms with Crippen molar-refractivity contribution in [3.8, 4) is 11.3 Å². The Morgan fingerprint density at radius 1 is 0.741 bits per heavy atom.